The van der Waals surface area contributed by atoms with Gasteiger partial charge in [0.25, 0.3) is 0 Å². The normalized spacial score (nSPS) is 15.9. The molecule has 1 aliphatic rings. The number of nitrogens with zero attached hydrogens (tertiary/aromatic N) is 1. The maximum absolute atomic E-state index is 6.54. The van der Waals surface area contributed by atoms with E-state index in [0.717, 1.165) is 54.9 Å². The Hall–Kier alpha value is -1.51. The molecule has 1 heterocycles. The summed E-state index contributed by atoms with van der Waals surface area (Å²) in [6.45, 7) is 2.89. The first-order chi connectivity index (χ1) is 13.7. The average molecular weight is 530 g/mol. The van der Waals surface area contributed by atoms with Crippen molar-refractivity contribution in [2.75, 3.05) is 33.9 Å². The highest BCUT2D eigenvalue weighted by Gasteiger charge is 2.36. The molecular weight excluding hydrogens is 501 g/mol. The Balaban J connectivity index is 0.00000300. The van der Waals surface area contributed by atoms with Crippen molar-refractivity contribution in [3.8, 4) is 5.75 Å². The molecule has 0 bridgehead atoms. The summed E-state index contributed by atoms with van der Waals surface area (Å²) < 4.78 is 10.9. The number of ether oxygens (including phenoxy) is 2. The van der Waals surface area contributed by atoms with Crippen LogP contribution in [0.5, 0.6) is 5.75 Å². The maximum Gasteiger partial charge on any atom is 0.191 e. The predicted molar refractivity (Wildman–Crippen MR) is 130 cm³/mol. The third-order valence-corrected chi connectivity index (χ3v) is 5.64. The van der Waals surface area contributed by atoms with Crippen molar-refractivity contribution in [3.63, 3.8) is 0 Å². The van der Waals surface area contributed by atoms with Crippen molar-refractivity contribution in [3.05, 3.63) is 64.7 Å². The molecule has 1 fully saturated rings. The van der Waals surface area contributed by atoms with Crippen molar-refractivity contribution < 1.29 is 9.47 Å². The smallest absolute Gasteiger partial charge is 0.191 e. The number of aliphatic imine (C=N–C) groups is 1. The van der Waals surface area contributed by atoms with Gasteiger partial charge in [0.1, 0.15) is 5.75 Å². The second kappa shape index (κ2) is 11.6. The molecule has 0 unspecified atom stereocenters. The van der Waals surface area contributed by atoms with Crippen LogP contribution in [0.15, 0.2) is 53.5 Å². The summed E-state index contributed by atoms with van der Waals surface area (Å²) >= 11 is 6.54. The minimum Gasteiger partial charge on any atom is -0.497 e. The zero-order valence-corrected chi connectivity index (χ0v) is 20.0. The van der Waals surface area contributed by atoms with Gasteiger partial charge in [0.15, 0.2) is 5.96 Å². The van der Waals surface area contributed by atoms with Crippen LogP contribution in [0.1, 0.15) is 24.0 Å². The Morgan fingerprint density at radius 1 is 1.14 bits per heavy atom. The molecule has 0 saturated carbocycles. The van der Waals surface area contributed by atoms with E-state index in [-0.39, 0.29) is 29.4 Å². The Morgan fingerprint density at radius 3 is 2.59 bits per heavy atom. The molecular formula is C22H29ClIN3O2. The minimum absolute atomic E-state index is 0. The molecule has 2 aromatic carbocycles. The first kappa shape index (κ1) is 23.8. The molecule has 1 saturated heterocycles. The van der Waals surface area contributed by atoms with Gasteiger partial charge < -0.3 is 20.1 Å². The van der Waals surface area contributed by atoms with E-state index >= 15 is 0 Å². The zero-order valence-electron chi connectivity index (χ0n) is 16.9. The molecule has 2 aromatic rings. The van der Waals surface area contributed by atoms with Crippen molar-refractivity contribution in [1.82, 2.24) is 10.6 Å². The second-order valence-electron chi connectivity index (χ2n) is 7.00. The molecule has 0 atom stereocenters. The van der Waals surface area contributed by atoms with Gasteiger partial charge in [0.05, 0.1) is 7.11 Å². The number of hydrogen-bond donors (Lipinski definition) is 2. The Kier molecular flexibility index (Phi) is 9.52. The van der Waals surface area contributed by atoms with Crippen molar-refractivity contribution in [2.45, 2.75) is 24.8 Å². The summed E-state index contributed by atoms with van der Waals surface area (Å²) in [7, 11) is 3.46. The van der Waals surface area contributed by atoms with Gasteiger partial charge in [-0.2, -0.15) is 0 Å². The van der Waals surface area contributed by atoms with Gasteiger partial charge in [-0.25, -0.2) is 0 Å². The fraction of sp³-hybridized carbons (Fsp3) is 0.409. The summed E-state index contributed by atoms with van der Waals surface area (Å²) in [4.78, 5) is 4.38. The van der Waals surface area contributed by atoms with Gasteiger partial charge >= 0.3 is 0 Å². The highest BCUT2D eigenvalue weighted by Crippen LogP contribution is 2.38. The lowest BCUT2D eigenvalue weighted by Gasteiger charge is -2.38. The molecule has 158 valence electrons. The van der Waals surface area contributed by atoms with E-state index < -0.39 is 0 Å². The van der Waals surface area contributed by atoms with Crippen LogP contribution in [0.25, 0.3) is 0 Å². The average Bonchev–Trinajstić information content (AvgIpc) is 2.75. The molecule has 5 nitrogen and oxygen atoms in total. The summed E-state index contributed by atoms with van der Waals surface area (Å²) in [6.07, 6.45) is 1.85. The standard InChI is InChI=1S/C22H28ClN3O2.HI/c1-24-21(25-15-17-6-5-7-18(14-17)27-2)26-16-22(10-12-28-13-11-22)19-8-3-4-9-20(19)23;/h3-9,14H,10-13,15-16H2,1-2H3,(H2,24,25,26);1H. The van der Waals surface area contributed by atoms with Crippen LogP contribution in [0.2, 0.25) is 5.02 Å². The second-order valence-corrected chi connectivity index (χ2v) is 7.41. The summed E-state index contributed by atoms with van der Waals surface area (Å²) in [5.41, 5.74) is 2.24. The van der Waals surface area contributed by atoms with Crippen LogP contribution in [0.4, 0.5) is 0 Å². The van der Waals surface area contributed by atoms with E-state index in [1.54, 1.807) is 14.2 Å². The lowest BCUT2D eigenvalue weighted by atomic mass is 9.74. The Labute approximate surface area is 195 Å². The van der Waals surface area contributed by atoms with Gasteiger partial charge in [-0.1, -0.05) is 41.9 Å². The van der Waals surface area contributed by atoms with Crippen LogP contribution >= 0.6 is 35.6 Å². The van der Waals surface area contributed by atoms with E-state index in [1.807, 2.05) is 36.4 Å². The quantitative estimate of drug-likeness (QED) is 0.331. The number of rotatable bonds is 6. The maximum atomic E-state index is 6.54. The largest absolute Gasteiger partial charge is 0.497 e. The summed E-state index contributed by atoms with van der Waals surface area (Å²) in [5, 5.41) is 7.69. The Morgan fingerprint density at radius 2 is 1.90 bits per heavy atom. The van der Waals surface area contributed by atoms with Crippen molar-refractivity contribution >= 4 is 41.5 Å². The molecule has 7 heteroatoms. The first-order valence-corrected chi connectivity index (χ1v) is 9.95. The fourth-order valence-electron chi connectivity index (χ4n) is 3.64. The van der Waals surface area contributed by atoms with Gasteiger partial charge in [-0.05, 0) is 42.2 Å². The van der Waals surface area contributed by atoms with Crippen LogP contribution in [-0.4, -0.2) is 39.9 Å². The number of hydrogen-bond acceptors (Lipinski definition) is 3. The highest BCUT2D eigenvalue weighted by molar-refractivity contribution is 14.0. The number of methoxy groups -OCH3 is 1. The molecule has 2 N–H and O–H groups in total. The molecule has 0 amide bonds. The number of nitrogens with one attached hydrogen (secondary N) is 2. The monoisotopic (exact) mass is 529 g/mol. The fourth-order valence-corrected chi connectivity index (χ4v) is 3.97. The molecule has 0 aliphatic carbocycles. The third-order valence-electron chi connectivity index (χ3n) is 5.31. The minimum atomic E-state index is -0.0653. The first-order valence-electron chi connectivity index (χ1n) is 9.57. The van der Waals surface area contributed by atoms with Gasteiger partial charge in [-0.3, -0.25) is 4.99 Å². The van der Waals surface area contributed by atoms with E-state index in [4.69, 9.17) is 21.1 Å². The van der Waals surface area contributed by atoms with Crippen LogP contribution in [-0.2, 0) is 16.7 Å². The van der Waals surface area contributed by atoms with Gasteiger partial charge in [0, 0.05) is 43.8 Å². The van der Waals surface area contributed by atoms with Gasteiger partial charge in [-0.15, -0.1) is 24.0 Å². The molecule has 29 heavy (non-hydrogen) atoms. The topological polar surface area (TPSA) is 54.9 Å². The molecule has 0 aromatic heterocycles. The SMILES string of the molecule is CN=C(NCc1cccc(OC)c1)NCC1(c2ccccc2Cl)CCOCC1.I. The van der Waals surface area contributed by atoms with Crippen molar-refractivity contribution in [1.29, 1.82) is 0 Å². The van der Waals surface area contributed by atoms with E-state index in [1.165, 1.54) is 5.56 Å². The molecule has 1 aliphatic heterocycles. The number of benzene rings is 2. The van der Waals surface area contributed by atoms with E-state index in [2.05, 4.69) is 27.8 Å². The summed E-state index contributed by atoms with van der Waals surface area (Å²) in [6, 6.07) is 16.1. The lowest BCUT2D eigenvalue weighted by Crippen LogP contribution is -2.48. The Bertz CT molecular complexity index is 810. The van der Waals surface area contributed by atoms with Crippen LogP contribution < -0.4 is 15.4 Å². The lowest BCUT2D eigenvalue weighted by molar-refractivity contribution is 0.0514. The predicted octanol–water partition coefficient (Wildman–Crippen LogP) is 4.38. The third kappa shape index (κ3) is 6.23. The van der Waals surface area contributed by atoms with Crippen molar-refractivity contribution in [2.24, 2.45) is 4.99 Å². The number of halogens is 2. The number of guanidine groups is 1. The molecule has 0 radical (unpaired) electrons. The van der Waals surface area contributed by atoms with Crippen LogP contribution in [0, 0.1) is 0 Å². The zero-order chi connectivity index (χ0) is 19.8. The molecule has 3 rings (SSSR count). The van der Waals surface area contributed by atoms with Gasteiger partial charge in [0.2, 0.25) is 0 Å². The van der Waals surface area contributed by atoms with E-state index in [0.29, 0.717) is 6.54 Å². The molecule has 0 spiro atoms. The van der Waals surface area contributed by atoms with Crippen LogP contribution in [0.3, 0.4) is 0 Å². The highest BCUT2D eigenvalue weighted by atomic mass is 127. The summed E-state index contributed by atoms with van der Waals surface area (Å²) in [5.74, 6) is 1.61. The van der Waals surface area contributed by atoms with E-state index in [9.17, 15) is 0 Å².